The number of aromatic nitrogens is 5. The summed E-state index contributed by atoms with van der Waals surface area (Å²) in [6, 6.07) is 17.6. The standard InChI is InChI=1S/C26H23N7O3S/c1-36-22-7-2-4-18(12-22)16-37(34,35)32-21-6-3-5-19(13-21)24(8-10-27)33-15-20(14-31-33)25-23-9-11-28-26(23)30-17-29-25/h2-7,9,11-15,17,24,32H,8,16H2,1H3,(H,28,29,30). The molecule has 0 aliphatic rings. The molecule has 0 amide bonds. The number of ether oxygens (including phenoxy) is 1. The van der Waals surface area contributed by atoms with Gasteiger partial charge in [0.25, 0.3) is 0 Å². The lowest BCUT2D eigenvalue weighted by molar-refractivity contribution is 0.414. The Hall–Kier alpha value is -4.69. The lowest BCUT2D eigenvalue weighted by atomic mass is 10.0. The van der Waals surface area contributed by atoms with Gasteiger partial charge in [-0.3, -0.25) is 9.40 Å². The van der Waals surface area contributed by atoms with Crippen molar-refractivity contribution in [3.63, 3.8) is 0 Å². The van der Waals surface area contributed by atoms with E-state index in [2.05, 4.69) is 30.8 Å². The van der Waals surface area contributed by atoms with E-state index < -0.39 is 16.1 Å². The fraction of sp³-hybridized carbons (Fsp3) is 0.154. The Bertz CT molecular complexity index is 1700. The fourth-order valence-electron chi connectivity index (χ4n) is 4.19. The minimum absolute atomic E-state index is 0.143. The van der Waals surface area contributed by atoms with Gasteiger partial charge in [-0.05, 0) is 41.5 Å². The summed E-state index contributed by atoms with van der Waals surface area (Å²) in [5.74, 6) is 0.386. The second kappa shape index (κ2) is 10.1. The van der Waals surface area contributed by atoms with Gasteiger partial charge in [0.1, 0.15) is 17.7 Å². The number of nitrogens with one attached hydrogen (secondary N) is 2. The van der Waals surface area contributed by atoms with Gasteiger partial charge in [-0.2, -0.15) is 10.4 Å². The molecule has 186 valence electrons. The Balaban J connectivity index is 1.40. The summed E-state index contributed by atoms with van der Waals surface area (Å²) >= 11 is 0. The third-order valence-corrected chi connectivity index (χ3v) is 7.13. The quantitative estimate of drug-likeness (QED) is 0.300. The molecule has 5 rings (SSSR count). The molecule has 1 unspecified atom stereocenters. The lowest BCUT2D eigenvalue weighted by Crippen LogP contribution is -2.16. The number of sulfonamides is 1. The molecule has 0 saturated carbocycles. The normalized spacial score (nSPS) is 12.2. The van der Waals surface area contributed by atoms with E-state index in [0.717, 1.165) is 27.9 Å². The van der Waals surface area contributed by atoms with Gasteiger partial charge in [0, 0.05) is 29.0 Å². The zero-order valence-corrected chi connectivity index (χ0v) is 20.7. The predicted octanol–water partition coefficient (Wildman–Crippen LogP) is 4.27. The first kappa shape index (κ1) is 24.0. The molecule has 5 aromatic rings. The van der Waals surface area contributed by atoms with Crippen LogP contribution in [0.1, 0.15) is 23.6 Å². The van der Waals surface area contributed by atoms with E-state index in [1.807, 2.05) is 18.3 Å². The summed E-state index contributed by atoms with van der Waals surface area (Å²) < 4.78 is 35.2. The SMILES string of the molecule is COc1cccc(CS(=O)(=O)Nc2cccc(C(CC#N)n3cc(-c4ncnc5[nH]ccc45)cn3)c2)c1. The summed E-state index contributed by atoms with van der Waals surface area (Å²) in [6.07, 6.45) is 6.95. The molecule has 0 radical (unpaired) electrons. The number of fused-ring (bicyclic) bond motifs is 1. The monoisotopic (exact) mass is 513 g/mol. The molecule has 0 fully saturated rings. The molecule has 3 heterocycles. The number of hydrogen-bond acceptors (Lipinski definition) is 7. The summed E-state index contributed by atoms with van der Waals surface area (Å²) in [4.78, 5) is 11.7. The van der Waals surface area contributed by atoms with Gasteiger partial charge in [-0.25, -0.2) is 18.4 Å². The van der Waals surface area contributed by atoms with E-state index in [1.54, 1.807) is 59.5 Å². The number of benzene rings is 2. The van der Waals surface area contributed by atoms with Crippen molar-refractivity contribution >= 4 is 26.7 Å². The largest absolute Gasteiger partial charge is 0.497 e. The van der Waals surface area contributed by atoms with Crippen LogP contribution in [0, 0.1) is 11.3 Å². The summed E-state index contributed by atoms with van der Waals surface area (Å²) in [6.45, 7) is 0. The van der Waals surface area contributed by atoms with E-state index in [0.29, 0.717) is 17.0 Å². The average molecular weight is 514 g/mol. The molecule has 3 aromatic heterocycles. The molecule has 0 aliphatic heterocycles. The number of anilines is 1. The van der Waals surface area contributed by atoms with Crippen molar-refractivity contribution in [3.8, 4) is 23.1 Å². The van der Waals surface area contributed by atoms with Gasteiger partial charge >= 0.3 is 0 Å². The number of nitriles is 1. The maximum atomic E-state index is 12.9. The van der Waals surface area contributed by atoms with Crippen molar-refractivity contribution in [2.75, 3.05) is 11.8 Å². The van der Waals surface area contributed by atoms with Gasteiger partial charge in [0.15, 0.2) is 0 Å². The van der Waals surface area contributed by atoms with Crippen LogP contribution in [0.4, 0.5) is 5.69 Å². The molecule has 10 nitrogen and oxygen atoms in total. The second-order valence-corrected chi connectivity index (χ2v) is 10.1. The van der Waals surface area contributed by atoms with Crippen molar-refractivity contribution in [1.29, 1.82) is 5.26 Å². The Morgan fingerprint density at radius 3 is 2.86 bits per heavy atom. The first-order chi connectivity index (χ1) is 18.0. The topological polar surface area (TPSA) is 139 Å². The summed E-state index contributed by atoms with van der Waals surface area (Å²) in [7, 11) is -2.16. The lowest BCUT2D eigenvalue weighted by Gasteiger charge is -2.17. The third kappa shape index (κ3) is 5.29. The van der Waals surface area contributed by atoms with Gasteiger partial charge in [0.2, 0.25) is 10.0 Å². The Labute approximate surface area is 213 Å². The third-order valence-electron chi connectivity index (χ3n) is 5.87. The second-order valence-electron chi connectivity index (χ2n) is 8.39. The Morgan fingerprint density at radius 1 is 1.16 bits per heavy atom. The van der Waals surface area contributed by atoms with Crippen molar-refractivity contribution in [1.82, 2.24) is 24.7 Å². The van der Waals surface area contributed by atoms with Gasteiger partial charge in [0.05, 0.1) is 43.3 Å². The highest BCUT2D eigenvalue weighted by Crippen LogP contribution is 2.29. The average Bonchev–Trinajstić information content (AvgIpc) is 3.57. The molecule has 1 atom stereocenters. The van der Waals surface area contributed by atoms with E-state index in [-0.39, 0.29) is 12.2 Å². The van der Waals surface area contributed by atoms with Crippen LogP contribution in [-0.2, 0) is 15.8 Å². The van der Waals surface area contributed by atoms with Crippen LogP contribution >= 0.6 is 0 Å². The van der Waals surface area contributed by atoms with E-state index >= 15 is 0 Å². The number of rotatable bonds is 9. The summed E-state index contributed by atoms with van der Waals surface area (Å²) in [5, 5.41) is 14.9. The molecule has 0 aliphatic carbocycles. The smallest absolute Gasteiger partial charge is 0.236 e. The first-order valence-corrected chi connectivity index (χ1v) is 13.0. The van der Waals surface area contributed by atoms with Crippen molar-refractivity contribution in [2.45, 2.75) is 18.2 Å². The van der Waals surface area contributed by atoms with E-state index in [9.17, 15) is 13.7 Å². The minimum Gasteiger partial charge on any atom is -0.497 e. The van der Waals surface area contributed by atoms with E-state index in [1.165, 1.54) is 13.4 Å². The van der Waals surface area contributed by atoms with Crippen LogP contribution in [0.2, 0.25) is 0 Å². The molecule has 0 spiro atoms. The Kier molecular flexibility index (Phi) is 6.57. The maximum absolute atomic E-state index is 12.9. The van der Waals surface area contributed by atoms with Crippen molar-refractivity contribution in [2.24, 2.45) is 0 Å². The number of aromatic amines is 1. The van der Waals surface area contributed by atoms with Gasteiger partial charge in [-0.15, -0.1) is 0 Å². The predicted molar refractivity (Wildman–Crippen MR) is 139 cm³/mol. The van der Waals surface area contributed by atoms with Crippen molar-refractivity contribution < 1.29 is 13.2 Å². The first-order valence-electron chi connectivity index (χ1n) is 11.4. The maximum Gasteiger partial charge on any atom is 0.236 e. The molecule has 2 N–H and O–H groups in total. The highest BCUT2D eigenvalue weighted by atomic mass is 32.2. The van der Waals surface area contributed by atoms with Crippen LogP contribution in [0.5, 0.6) is 5.75 Å². The van der Waals surface area contributed by atoms with Crippen LogP contribution in [0.25, 0.3) is 22.3 Å². The molecular weight excluding hydrogens is 490 g/mol. The fourth-order valence-corrected chi connectivity index (χ4v) is 5.37. The minimum atomic E-state index is -3.69. The van der Waals surface area contributed by atoms with Crippen LogP contribution in [0.15, 0.2) is 79.5 Å². The highest BCUT2D eigenvalue weighted by molar-refractivity contribution is 7.91. The molecule has 0 bridgehead atoms. The highest BCUT2D eigenvalue weighted by Gasteiger charge is 2.19. The van der Waals surface area contributed by atoms with Crippen molar-refractivity contribution in [3.05, 3.63) is 90.6 Å². The molecule has 2 aromatic carbocycles. The van der Waals surface area contributed by atoms with Gasteiger partial charge < -0.3 is 9.72 Å². The number of H-pyrrole nitrogens is 1. The zero-order chi connectivity index (χ0) is 25.8. The van der Waals surface area contributed by atoms with E-state index in [4.69, 9.17) is 4.74 Å². The van der Waals surface area contributed by atoms with Crippen LogP contribution in [-0.4, -0.2) is 40.3 Å². The van der Waals surface area contributed by atoms with Gasteiger partial charge in [-0.1, -0.05) is 24.3 Å². The molecule has 37 heavy (non-hydrogen) atoms. The summed E-state index contributed by atoms with van der Waals surface area (Å²) in [5.41, 5.74) is 3.99. The molecule has 0 saturated heterocycles. The number of nitrogens with zero attached hydrogens (tertiary/aromatic N) is 5. The number of methoxy groups -OCH3 is 1. The molecular formula is C26H23N7O3S. The zero-order valence-electron chi connectivity index (χ0n) is 19.9. The van der Waals surface area contributed by atoms with Crippen LogP contribution < -0.4 is 9.46 Å². The molecule has 11 heteroatoms. The Morgan fingerprint density at radius 2 is 2.03 bits per heavy atom. The van der Waals surface area contributed by atoms with Crippen LogP contribution in [0.3, 0.4) is 0 Å². The number of hydrogen-bond donors (Lipinski definition) is 2.